The molecule has 0 aliphatic carbocycles. The molecule has 0 spiro atoms. The average molecular weight is 337 g/mol. The SMILES string of the molecule is O=C(C=Cc1ccc(-c2nc3ccccc3s2)o1)c1cccs1. The summed E-state index contributed by atoms with van der Waals surface area (Å²) in [6.45, 7) is 0. The van der Waals surface area contributed by atoms with Gasteiger partial charge in [-0.05, 0) is 47.9 Å². The molecule has 0 unspecified atom stereocenters. The molecule has 5 heteroatoms. The number of rotatable bonds is 4. The zero-order chi connectivity index (χ0) is 15.6. The third-order valence-electron chi connectivity index (χ3n) is 3.29. The molecule has 1 aromatic carbocycles. The molecular formula is C18H11NO2S2. The standard InChI is InChI=1S/C18H11NO2S2/c20-14(17-6-3-11-22-17)9-7-12-8-10-15(21-12)18-19-13-4-1-2-5-16(13)23-18/h1-11H. The maximum Gasteiger partial charge on any atom is 0.195 e. The molecule has 23 heavy (non-hydrogen) atoms. The zero-order valence-electron chi connectivity index (χ0n) is 11.9. The zero-order valence-corrected chi connectivity index (χ0v) is 13.6. The van der Waals surface area contributed by atoms with Gasteiger partial charge in [-0.3, -0.25) is 4.79 Å². The second kappa shape index (κ2) is 5.95. The molecule has 3 nitrogen and oxygen atoms in total. The molecule has 0 saturated carbocycles. The normalized spacial score (nSPS) is 11.5. The number of fused-ring (bicyclic) bond motifs is 1. The number of thiazole rings is 1. The number of carbonyl (C=O) groups excluding carboxylic acids is 1. The molecule has 0 radical (unpaired) electrons. The van der Waals surface area contributed by atoms with Crippen LogP contribution in [-0.2, 0) is 0 Å². The highest BCUT2D eigenvalue weighted by Crippen LogP contribution is 2.31. The van der Waals surface area contributed by atoms with Crippen LogP contribution in [0.25, 0.3) is 27.1 Å². The predicted molar refractivity (Wildman–Crippen MR) is 95.0 cm³/mol. The van der Waals surface area contributed by atoms with Gasteiger partial charge in [0, 0.05) is 0 Å². The summed E-state index contributed by atoms with van der Waals surface area (Å²) in [5.74, 6) is 1.34. The molecule has 0 atom stereocenters. The van der Waals surface area contributed by atoms with Crippen LogP contribution in [0, 0.1) is 0 Å². The van der Waals surface area contributed by atoms with Crippen molar-refractivity contribution < 1.29 is 9.21 Å². The van der Waals surface area contributed by atoms with Crippen molar-refractivity contribution in [2.24, 2.45) is 0 Å². The van der Waals surface area contributed by atoms with Crippen LogP contribution in [0.2, 0.25) is 0 Å². The van der Waals surface area contributed by atoms with Gasteiger partial charge in [-0.15, -0.1) is 22.7 Å². The Morgan fingerprint density at radius 1 is 1.09 bits per heavy atom. The number of furan rings is 1. The maximum atomic E-state index is 11.9. The summed E-state index contributed by atoms with van der Waals surface area (Å²) in [6, 6.07) is 15.4. The molecule has 0 bridgehead atoms. The number of hydrogen-bond acceptors (Lipinski definition) is 5. The van der Waals surface area contributed by atoms with Crippen molar-refractivity contribution in [3.63, 3.8) is 0 Å². The lowest BCUT2D eigenvalue weighted by Crippen LogP contribution is -1.87. The van der Waals surface area contributed by atoms with Crippen molar-refractivity contribution in [3.05, 3.63) is 70.6 Å². The Balaban J connectivity index is 1.58. The summed E-state index contributed by atoms with van der Waals surface area (Å²) in [7, 11) is 0. The second-order valence-corrected chi connectivity index (χ2v) is 6.84. The smallest absolute Gasteiger partial charge is 0.195 e. The van der Waals surface area contributed by atoms with Crippen LogP contribution in [-0.4, -0.2) is 10.8 Å². The molecule has 4 rings (SSSR count). The van der Waals surface area contributed by atoms with E-state index in [1.165, 1.54) is 17.4 Å². The molecule has 3 heterocycles. The predicted octanol–water partition coefficient (Wildman–Crippen LogP) is 5.51. The molecule has 0 aliphatic heterocycles. The van der Waals surface area contributed by atoms with Gasteiger partial charge in [-0.2, -0.15) is 0 Å². The largest absolute Gasteiger partial charge is 0.454 e. The number of allylic oxidation sites excluding steroid dienone is 1. The molecule has 0 aliphatic rings. The van der Waals surface area contributed by atoms with Gasteiger partial charge in [0.1, 0.15) is 5.76 Å². The molecule has 0 saturated heterocycles. The first kappa shape index (κ1) is 14.1. The monoisotopic (exact) mass is 337 g/mol. The molecule has 3 aromatic heterocycles. The van der Waals surface area contributed by atoms with Gasteiger partial charge < -0.3 is 4.42 Å². The van der Waals surface area contributed by atoms with Gasteiger partial charge in [0.25, 0.3) is 0 Å². The van der Waals surface area contributed by atoms with E-state index in [0.29, 0.717) is 5.76 Å². The summed E-state index contributed by atoms with van der Waals surface area (Å²) in [6.07, 6.45) is 3.23. The van der Waals surface area contributed by atoms with Crippen LogP contribution in [0.5, 0.6) is 0 Å². The van der Waals surface area contributed by atoms with Crippen molar-refractivity contribution in [3.8, 4) is 10.8 Å². The van der Waals surface area contributed by atoms with E-state index >= 15 is 0 Å². The fraction of sp³-hybridized carbons (Fsp3) is 0. The van der Waals surface area contributed by atoms with Crippen LogP contribution in [0.1, 0.15) is 15.4 Å². The number of para-hydroxylation sites is 1. The first-order chi connectivity index (χ1) is 11.3. The molecule has 0 fully saturated rings. The highest BCUT2D eigenvalue weighted by atomic mass is 32.1. The first-order valence-electron chi connectivity index (χ1n) is 7.01. The lowest BCUT2D eigenvalue weighted by atomic mass is 10.3. The minimum Gasteiger partial charge on any atom is -0.454 e. The van der Waals surface area contributed by atoms with Crippen LogP contribution in [0.15, 0.2) is 64.4 Å². The second-order valence-electron chi connectivity index (χ2n) is 4.86. The lowest BCUT2D eigenvalue weighted by Gasteiger charge is -1.89. The van der Waals surface area contributed by atoms with Crippen LogP contribution < -0.4 is 0 Å². The van der Waals surface area contributed by atoms with E-state index < -0.39 is 0 Å². The van der Waals surface area contributed by atoms with Crippen molar-refractivity contribution >= 4 is 44.7 Å². The van der Waals surface area contributed by atoms with Gasteiger partial charge in [0.2, 0.25) is 0 Å². The van der Waals surface area contributed by atoms with Crippen LogP contribution in [0.4, 0.5) is 0 Å². The van der Waals surface area contributed by atoms with E-state index in [1.807, 2.05) is 53.9 Å². The van der Waals surface area contributed by atoms with Crippen LogP contribution in [0.3, 0.4) is 0 Å². The van der Waals surface area contributed by atoms with E-state index in [2.05, 4.69) is 4.98 Å². The number of benzene rings is 1. The van der Waals surface area contributed by atoms with Gasteiger partial charge >= 0.3 is 0 Å². The summed E-state index contributed by atoms with van der Waals surface area (Å²) in [5.41, 5.74) is 0.967. The van der Waals surface area contributed by atoms with Crippen molar-refractivity contribution in [1.82, 2.24) is 4.98 Å². The maximum absolute atomic E-state index is 11.9. The molecular weight excluding hydrogens is 326 g/mol. The first-order valence-corrected chi connectivity index (χ1v) is 8.71. The fourth-order valence-corrected chi connectivity index (χ4v) is 3.77. The molecule has 0 N–H and O–H groups in total. The minimum absolute atomic E-state index is 0.0158. The van der Waals surface area contributed by atoms with Crippen molar-refractivity contribution in [1.29, 1.82) is 0 Å². The number of thiophene rings is 1. The Kier molecular flexibility index (Phi) is 3.65. The summed E-state index contributed by atoms with van der Waals surface area (Å²) in [4.78, 5) is 17.2. The topological polar surface area (TPSA) is 43.1 Å². The van der Waals surface area contributed by atoms with Gasteiger partial charge in [0.15, 0.2) is 16.6 Å². The summed E-state index contributed by atoms with van der Waals surface area (Å²) < 4.78 is 6.91. The number of aromatic nitrogens is 1. The van der Waals surface area contributed by atoms with Gasteiger partial charge in [-0.1, -0.05) is 18.2 Å². The lowest BCUT2D eigenvalue weighted by molar-refractivity contribution is 0.105. The average Bonchev–Trinajstić information content (AvgIpc) is 3.31. The Morgan fingerprint density at radius 3 is 2.83 bits per heavy atom. The Bertz CT molecular complexity index is 960. The Labute approximate surface area is 140 Å². The third-order valence-corrected chi connectivity index (χ3v) is 5.23. The number of hydrogen-bond donors (Lipinski definition) is 0. The number of carbonyl (C=O) groups is 1. The molecule has 0 amide bonds. The highest BCUT2D eigenvalue weighted by Gasteiger charge is 2.10. The highest BCUT2D eigenvalue weighted by molar-refractivity contribution is 7.21. The van der Waals surface area contributed by atoms with E-state index in [9.17, 15) is 4.79 Å². The van der Waals surface area contributed by atoms with E-state index in [1.54, 1.807) is 17.4 Å². The van der Waals surface area contributed by atoms with E-state index in [0.717, 1.165) is 25.9 Å². The van der Waals surface area contributed by atoms with Gasteiger partial charge in [-0.25, -0.2) is 4.98 Å². The molecule has 4 aromatic rings. The van der Waals surface area contributed by atoms with Crippen LogP contribution >= 0.6 is 22.7 Å². The van der Waals surface area contributed by atoms with Crippen molar-refractivity contribution in [2.45, 2.75) is 0 Å². The summed E-state index contributed by atoms with van der Waals surface area (Å²) in [5, 5.41) is 2.73. The number of nitrogens with zero attached hydrogens (tertiary/aromatic N) is 1. The Hall–Kier alpha value is -2.50. The third kappa shape index (κ3) is 2.88. The van der Waals surface area contributed by atoms with Crippen molar-refractivity contribution in [2.75, 3.05) is 0 Å². The minimum atomic E-state index is -0.0158. The fourth-order valence-electron chi connectivity index (χ4n) is 2.19. The van der Waals surface area contributed by atoms with Gasteiger partial charge in [0.05, 0.1) is 15.1 Å². The quantitative estimate of drug-likeness (QED) is 0.364. The summed E-state index contributed by atoms with van der Waals surface area (Å²) >= 11 is 3.02. The van der Waals surface area contributed by atoms with E-state index in [-0.39, 0.29) is 5.78 Å². The van der Waals surface area contributed by atoms with E-state index in [4.69, 9.17) is 4.42 Å². The Morgan fingerprint density at radius 2 is 2.00 bits per heavy atom. The number of ketones is 1. The molecule has 112 valence electrons.